The fraction of sp³-hybridized carbons (Fsp3) is 0.300. The molecule has 0 unspecified atom stereocenters. The molecule has 0 aliphatic carbocycles. The van der Waals surface area contributed by atoms with Crippen LogP contribution < -0.4 is 0 Å². The quantitative estimate of drug-likeness (QED) is 0.846. The van der Waals surface area contributed by atoms with Gasteiger partial charge in [-0.25, -0.2) is 4.79 Å². The summed E-state index contributed by atoms with van der Waals surface area (Å²) in [6.45, 7) is 1.89. The van der Waals surface area contributed by atoms with E-state index in [1.54, 1.807) is 25.1 Å². The zero-order valence-electron chi connectivity index (χ0n) is 7.79. The summed E-state index contributed by atoms with van der Waals surface area (Å²) in [6.07, 6.45) is 0. The molecule has 0 bridgehead atoms. The molecule has 0 aromatic heterocycles. The van der Waals surface area contributed by atoms with Gasteiger partial charge >= 0.3 is 5.97 Å². The van der Waals surface area contributed by atoms with E-state index in [9.17, 15) is 4.79 Å². The van der Waals surface area contributed by atoms with Crippen LogP contribution in [0.25, 0.3) is 0 Å². The Kier molecular flexibility index (Phi) is 4.10. The standard InChI is InChI=1S/C10H11BrO3/c1-2-14-10(13)9-7(6-12)4-3-5-8(9)11/h3-5,12H,2,6H2,1H3. The predicted molar refractivity (Wildman–Crippen MR) is 56.0 cm³/mol. The van der Waals surface area contributed by atoms with E-state index in [2.05, 4.69) is 15.9 Å². The van der Waals surface area contributed by atoms with E-state index in [1.807, 2.05) is 0 Å². The summed E-state index contributed by atoms with van der Waals surface area (Å²) in [5, 5.41) is 9.03. The van der Waals surface area contributed by atoms with Gasteiger partial charge in [0.25, 0.3) is 0 Å². The molecule has 1 rings (SSSR count). The first-order valence-electron chi connectivity index (χ1n) is 4.26. The van der Waals surface area contributed by atoms with Crippen LogP contribution in [-0.2, 0) is 11.3 Å². The third kappa shape index (κ3) is 2.33. The molecule has 0 atom stereocenters. The summed E-state index contributed by atoms with van der Waals surface area (Å²) < 4.78 is 5.51. The average Bonchev–Trinajstić information content (AvgIpc) is 2.17. The van der Waals surface area contributed by atoms with Gasteiger partial charge in [-0.1, -0.05) is 12.1 Å². The van der Waals surface area contributed by atoms with Gasteiger partial charge in [0, 0.05) is 4.47 Å². The van der Waals surface area contributed by atoms with Crippen molar-refractivity contribution in [2.75, 3.05) is 6.61 Å². The zero-order chi connectivity index (χ0) is 10.6. The van der Waals surface area contributed by atoms with E-state index in [4.69, 9.17) is 9.84 Å². The Morgan fingerprint density at radius 2 is 2.29 bits per heavy atom. The predicted octanol–water partition coefficient (Wildman–Crippen LogP) is 2.12. The zero-order valence-corrected chi connectivity index (χ0v) is 9.37. The maximum absolute atomic E-state index is 11.5. The van der Waals surface area contributed by atoms with Crippen molar-refractivity contribution in [3.63, 3.8) is 0 Å². The number of hydrogen-bond acceptors (Lipinski definition) is 3. The number of rotatable bonds is 3. The Morgan fingerprint density at radius 3 is 2.86 bits per heavy atom. The Morgan fingerprint density at radius 1 is 1.57 bits per heavy atom. The normalized spacial score (nSPS) is 9.93. The maximum Gasteiger partial charge on any atom is 0.339 e. The first kappa shape index (κ1) is 11.2. The minimum absolute atomic E-state index is 0.173. The minimum Gasteiger partial charge on any atom is -0.462 e. The number of ether oxygens (including phenoxy) is 1. The Balaban J connectivity index is 3.10. The number of carbonyl (C=O) groups excluding carboxylic acids is 1. The number of aliphatic hydroxyl groups excluding tert-OH is 1. The van der Waals surface area contributed by atoms with Gasteiger partial charge in [-0.05, 0) is 34.5 Å². The van der Waals surface area contributed by atoms with Gasteiger partial charge in [0.15, 0.2) is 0 Å². The molecular weight excluding hydrogens is 248 g/mol. The summed E-state index contributed by atoms with van der Waals surface area (Å²) >= 11 is 3.25. The summed E-state index contributed by atoms with van der Waals surface area (Å²) in [4.78, 5) is 11.5. The van der Waals surface area contributed by atoms with Gasteiger partial charge < -0.3 is 9.84 Å². The molecule has 14 heavy (non-hydrogen) atoms. The number of esters is 1. The van der Waals surface area contributed by atoms with Gasteiger partial charge in [0.2, 0.25) is 0 Å². The molecule has 3 nitrogen and oxygen atoms in total. The molecular formula is C10H11BrO3. The van der Waals surface area contributed by atoms with Crippen molar-refractivity contribution in [1.29, 1.82) is 0 Å². The molecule has 0 saturated heterocycles. The molecule has 0 radical (unpaired) electrons. The fourth-order valence-corrected chi connectivity index (χ4v) is 1.70. The highest BCUT2D eigenvalue weighted by Crippen LogP contribution is 2.21. The molecule has 0 heterocycles. The van der Waals surface area contributed by atoms with E-state index >= 15 is 0 Å². The number of hydrogen-bond donors (Lipinski definition) is 1. The van der Waals surface area contributed by atoms with Gasteiger partial charge in [0.1, 0.15) is 0 Å². The Bertz CT molecular complexity index is 336. The van der Waals surface area contributed by atoms with E-state index in [1.165, 1.54) is 0 Å². The molecule has 0 aliphatic heterocycles. The van der Waals surface area contributed by atoms with Crippen molar-refractivity contribution in [2.24, 2.45) is 0 Å². The summed E-state index contributed by atoms with van der Waals surface area (Å²) in [6, 6.07) is 5.20. The van der Waals surface area contributed by atoms with Crippen LogP contribution in [0.5, 0.6) is 0 Å². The van der Waals surface area contributed by atoms with Crippen LogP contribution in [-0.4, -0.2) is 17.7 Å². The number of aliphatic hydroxyl groups is 1. The smallest absolute Gasteiger partial charge is 0.339 e. The van der Waals surface area contributed by atoms with Crippen LogP contribution in [0.2, 0.25) is 0 Å². The number of carbonyl (C=O) groups is 1. The molecule has 76 valence electrons. The van der Waals surface area contributed by atoms with Crippen LogP contribution in [0.3, 0.4) is 0 Å². The second-order valence-corrected chi connectivity index (χ2v) is 3.51. The largest absolute Gasteiger partial charge is 0.462 e. The molecule has 0 aliphatic rings. The third-order valence-electron chi connectivity index (χ3n) is 1.75. The second kappa shape index (κ2) is 5.12. The Hall–Kier alpha value is -0.870. The van der Waals surface area contributed by atoms with E-state index < -0.39 is 5.97 Å². The average molecular weight is 259 g/mol. The molecule has 1 aromatic rings. The van der Waals surface area contributed by atoms with Crippen LogP contribution in [0.15, 0.2) is 22.7 Å². The van der Waals surface area contributed by atoms with Crippen molar-refractivity contribution in [1.82, 2.24) is 0 Å². The summed E-state index contributed by atoms with van der Waals surface area (Å²) in [5.74, 6) is -0.413. The van der Waals surface area contributed by atoms with E-state index in [0.717, 1.165) is 0 Å². The van der Waals surface area contributed by atoms with Crippen LogP contribution >= 0.6 is 15.9 Å². The van der Waals surface area contributed by atoms with E-state index in [0.29, 0.717) is 22.2 Å². The molecule has 0 saturated carbocycles. The van der Waals surface area contributed by atoms with Crippen LogP contribution in [0.1, 0.15) is 22.8 Å². The fourth-order valence-electron chi connectivity index (χ4n) is 1.13. The Labute approximate surface area is 90.8 Å². The number of halogens is 1. The minimum atomic E-state index is -0.413. The topological polar surface area (TPSA) is 46.5 Å². The van der Waals surface area contributed by atoms with Gasteiger partial charge in [-0.15, -0.1) is 0 Å². The molecule has 4 heteroatoms. The maximum atomic E-state index is 11.5. The van der Waals surface area contributed by atoms with Gasteiger partial charge in [0.05, 0.1) is 18.8 Å². The van der Waals surface area contributed by atoms with Gasteiger partial charge in [-0.3, -0.25) is 0 Å². The van der Waals surface area contributed by atoms with Crippen molar-refractivity contribution in [3.8, 4) is 0 Å². The first-order chi connectivity index (χ1) is 6.70. The monoisotopic (exact) mass is 258 g/mol. The van der Waals surface area contributed by atoms with Crippen molar-refractivity contribution < 1.29 is 14.6 Å². The van der Waals surface area contributed by atoms with Crippen molar-refractivity contribution in [3.05, 3.63) is 33.8 Å². The van der Waals surface area contributed by atoms with E-state index in [-0.39, 0.29) is 6.61 Å². The molecule has 0 amide bonds. The highest BCUT2D eigenvalue weighted by molar-refractivity contribution is 9.10. The highest BCUT2D eigenvalue weighted by atomic mass is 79.9. The lowest BCUT2D eigenvalue weighted by atomic mass is 10.1. The molecule has 0 spiro atoms. The lowest BCUT2D eigenvalue weighted by Crippen LogP contribution is -2.09. The lowest BCUT2D eigenvalue weighted by molar-refractivity contribution is 0.0521. The van der Waals surface area contributed by atoms with Crippen molar-refractivity contribution in [2.45, 2.75) is 13.5 Å². The van der Waals surface area contributed by atoms with Crippen LogP contribution in [0, 0.1) is 0 Å². The molecule has 1 N–H and O–H groups in total. The second-order valence-electron chi connectivity index (χ2n) is 2.65. The van der Waals surface area contributed by atoms with Gasteiger partial charge in [-0.2, -0.15) is 0 Å². The molecule has 1 aromatic carbocycles. The SMILES string of the molecule is CCOC(=O)c1c(Br)cccc1CO. The third-order valence-corrected chi connectivity index (χ3v) is 2.41. The lowest BCUT2D eigenvalue weighted by Gasteiger charge is -2.08. The first-order valence-corrected chi connectivity index (χ1v) is 5.05. The molecule has 0 fully saturated rings. The summed E-state index contributed by atoms with van der Waals surface area (Å²) in [5.41, 5.74) is 0.967. The summed E-state index contributed by atoms with van der Waals surface area (Å²) in [7, 11) is 0. The number of benzene rings is 1. The highest BCUT2D eigenvalue weighted by Gasteiger charge is 2.15. The van der Waals surface area contributed by atoms with Crippen LogP contribution in [0.4, 0.5) is 0 Å². The van der Waals surface area contributed by atoms with Crippen molar-refractivity contribution >= 4 is 21.9 Å².